The highest BCUT2D eigenvalue weighted by Gasteiger charge is 2.05. The third-order valence-electron chi connectivity index (χ3n) is 4.03. The third-order valence-corrected chi connectivity index (χ3v) is 5.04. The van der Waals surface area contributed by atoms with Crippen molar-refractivity contribution in [3.05, 3.63) is 59.2 Å². The molecule has 0 unspecified atom stereocenters. The smallest absolute Gasteiger partial charge is 0.230 e. The Hall–Kier alpha value is -2.14. The van der Waals surface area contributed by atoms with Crippen LogP contribution in [0.3, 0.4) is 0 Å². The van der Waals surface area contributed by atoms with E-state index in [0.717, 1.165) is 30.1 Å². The van der Waals surface area contributed by atoms with E-state index in [1.807, 2.05) is 18.2 Å². The fraction of sp³-hybridized carbons (Fsp3) is 0.381. The normalized spacial score (nSPS) is 10.4. The van der Waals surface area contributed by atoms with E-state index in [1.54, 1.807) is 26.0 Å². The average molecular weight is 374 g/mol. The van der Waals surface area contributed by atoms with Gasteiger partial charge in [0.1, 0.15) is 0 Å². The quantitative estimate of drug-likeness (QED) is 0.640. The number of amides is 1. The fourth-order valence-corrected chi connectivity index (χ4v) is 3.37. The van der Waals surface area contributed by atoms with Crippen LogP contribution in [0.4, 0.5) is 0 Å². The summed E-state index contributed by atoms with van der Waals surface area (Å²) in [6.45, 7) is 2.75. The summed E-state index contributed by atoms with van der Waals surface area (Å²) >= 11 is 1.64. The standard InChI is InChI=1S/C21H27NO3S/c1-16-6-8-18(9-7-16)14-26-15-21(23)22-12-4-5-17-10-11-19(24-2)20(13-17)25-3/h6-11,13H,4-5,12,14-15H2,1-3H3,(H,22,23). The molecule has 2 rings (SSSR count). The summed E-state index contributed by atoms with van der Waals surface area (Å²) in [6.07, 6.45) is 1.78. The van der Waals surface area contributed by atoms with Gasteiger partial charge in [0.25, 0.3) is 0 Å². The molecule has 140 valence electrons. The van der Waals surface area contributed by atoms with Crippen LogP contribution < -0.4 is 14.8 Å². The first-order valence-corrected chi connectivity index (χ1v) is 9.88. The Morgan fingerprint density at radius 3 is 2.38 bits per heavy atom. The van der Waals surface area contributed by atoms with Crippen molar-refractivity contribution in [1.82, 2.24) is 5.32 Å². The molecule has 0 fully saturated rings. The van der Waals surface area contributed by atoms with Gasteiger partial charge in [-0.15, -0.1) is 11.8 Å². The summed E-state index contributed by atoms with van der Waals surface area (Å²) in [4.78, 5) is 11.9. The molecule has 0 radical (unpaired) electrons. The zero-order valence-electron chi connectivity index (χ0n) is 15.7. The van der Waals surface area contributed by atoms with E-state index in [9.17, 15) is 4.79 Å². The highest BCUT2D eigenvalue weighted by Crippen LogP contribution is 2.27. The number of benzene rings is 2. The molecule has 0 heterocycles. The maximum atomic E-state index is 11.9. The van der Waals surface area contributed by atoms with Crippen LogP contribution in [0.25, 0.3) is 0 Å². The van der Waals surface area contributed by atoms with Crippen molar-refractivity contribution in [2.75, 3.05) is 26.5 Å². The molecular weight excluding hydrogens is 346 g/mol. The molecule has 0 aliphatic rings. The summed E-state index contributed by atoms with van der Waals surface area (Å²) < 4.78 is 10.6. The molecule has 2 aromatic carbocycles. The van der Waals surface area contributed by atoms with Gasteiger partial charge in [0.05, 0.1) is 20.0 Å². The van der Waals surface area contributed by atoms with E-state index in [0.29, 0.717) is 12.3 Å². The first kappa shape index (κ1) is 20.2. The first-order chi connectivity index (χ1) is 12.6. The number of thioether (sulfide) groups is 1. The second kappa shape index (κ2) is 10.8. The zero-order valence-corrected chi connectivity index (χ0v) is 16.5. The van der Waals surface area contributed by atoms with E-state index < -0.39 is 0 Å². The van der Waals surface area contributed by atoms with Gasteiger partial charge in [-0.25, -0.2) is 0 Å². The SMILES string of the molecule is COc1ccc(CCCNC(=O)CSCc2ccc(C)cc2)cc1OC. The largest absolute Gasteiger partial charge is 0.493 e. The van der Waals surface area contributed by atoms with Gasteiger partial charge in [-0.1, -0.05) is 35.9 Å². The molecule has 0 aliphatic carbocycles. The van der Waals surface area contributed by atoms with Crippen LogP contribution in [0.2, 0.25) is 0 Å². The number of rotatable bonds is 10. The van der Waals surface area contributed by atoms with Crippen LogP contribution in [0, 0.1) is 6.92 Å². The van der Waals surface area contributed by atoms with E-state index in [-0.39, 0.29) is 5.91 Å². The van der Waals surface area contributed by atoms with Crippen molar-refractivity contribution in [2.45, 2.75) is 25.5 Å². The number of carbonyl (C=O) groups excluding carboxylic acids is 1. The molecule has 5 heteroatoms. The third kappa shape index (κ3) is 6.64. The number of ether oxygens (including phenoxy) is 2. The molecular formula is C21H27NO3S. The Labute approximate surface area is 160 Å². The molecule has 2 aromatic rings. The molecule has 0 saturated heterocycles. The molecule has 0 saturated carbocycles. The lowest BCUT2D eigenvalue weighted by molar-refractivity contribution is -0.118. The summed E-state index contributed by atoms with van der Waals surface area (Å²) in [5.74, 6) is 2.91. The van der Waals surface area contributed by atoms with Gasteiger partial charge in [0.2, 0.25) is 5.91 Å². The summed E-state index contributed by atoms with van der Waals surface area (Å²) in [7, 11) is 3.26. The minimum absolute atomic E-state index is 0.0921. The summed E-state index contributed by atoms with van der Waals surface area (Å²) in [5, 5.41) is 2.98. The Bertz CT molecular complexity index is 701. The molecule has 0 atom stereocenters. The van der Waals surface area contributed by atoms with Gasteiger partial charge in [-0.3, -0.25) is 4.79 Å². The van der Waals surface area contributed by atoms with Crippen molar-refractivity contribution < 1.29 is 14.3 Å². The van der Waals surface area contributed by atoms with Crippen molar-refractivity contribution >= 4 is 17.7 Å². The summed E-state index contributed by atoms with van der Waals surface area (Å²) in [6, 6.07) is 14.4. The Morgan fingerprint density at radius 1 is 1.00 bits per heavy atom. The fourth-order valence-electron chi connectivity index (χ4n) is 2.55. The number of hydrogen-bond acceptors (Lipinski definition) is 4. The van der Waals surface area contributed by atoms with Gasteiger partial charge < -0.3 is 14.8 Å². The predicted octanol–water partition coefficient (Wildman–Crippen LogP) is 3.99. The molecule has 0 bridgehead atoms. The van der Waals surface area contributed by atoms with E-state index in [4.69, 9.17) is 9.47 Å². The Morgan fingerprint density at radius 2 is 1.69 bits per heavy atom. The van der Waals surface area contributed by atoms with Crippen LogP contribution in [0.5, 0.6) is 11.5 Å². The second-order valence-electron chi connectivity index (χ2n) is 6.12. The van der Waals surface area contributed by atoms with Crippen LogP contribution in [-0.4, -0.2) is 32.4 Å². The highest BCUT2D eigenvalue weighted by molar-refractivity contribution is 7.99. The molecule has 1 N–H and O–H groups in total. The lowest BCUT2D eigenvalue weighted by Gasteiger charge is -2.10. The van der Waals surface area contributed by atoms with Gasteiger partial charge >= 0.3 is 0 Å². The average Bonchev–Trinajstić information content (AvgIpc) is 2.66. The number of aryl methyl sites for hydroxylation is 2. The van der Waals surface area contributed by atoms with Crippen LogP contribution in [0.15, 0.2) is 42.5 Å². The van der Waals surface area contributed by atoms with Gasteiger partial charge in [0, 0.05) is 12.3 Å². The van der Waals surface area contributed by atoms with Gasteiger partial charge in [-0.2, -0.15) is 0 Å². The maximum absolute atomic E-state index is 11.9. The first-order valence-electron chi connectivity index (χ1n) is 8.73. The minimum Gasteiger partial charge on any atom is -0.493 e. The molecule has 26 heavy (non-hydrogen) atoms. The van der Waals surface area contributed by atoms with Gasteiger partial charge in [-0.05, 0) is 43.0 Å². The predicted molar refractivity (Wildman–Crippen MR) is 108 cm³/mol. The molecule has 4 nitrogen and oxygen atoms in total. The number of hydrogen-bond donors (Lipinski definition) is 1. The summed E-state index contributed by atoms with van der Waals surface area (Å²) in [5.41, 5.74) is 3.68. The van der Waals surface area contributed by atoms with E-state index in [2.05, 4.69) is 36.5 Å². The lowest BCUT2D eigenvalue weighted by atomic mass is 10.1. The second-order valence-corrected chi connectivity index (χ2v) is 7.11. The minimum atomic E-state index is 0.0921. The van der Waals surface area contributed by atoms with Crippen LogP contribution in [-0.2, 0) is 17.0 Å². The number of methoxy groups -OCH3 is 2. The molecule has 1 amide bonds. The van der Waals surface area contributed by atoms with Crippen LogP contribution >= 0.6 is 11.8 Å². The van der Waals surface area contributed by atoms with Crippen molar-refractivity contribution in [3.63, 3.8) is 0 Å². The lowest BCUT2D eigenvalue weighted by Crippen LogP contribution is -2.26. The number of nitrogens with one attached hydrogen (secondary N) is 1. The Kier molecular flexibility index (Phi) is 8.35. The topological polar surface area (TPSA) is 47.6 Å². The number of carbonyl (C=O) groups is 1. The maximum Gasteiger partial charge on any atom is 0.230 e. The molecule has 0 spiro atoms. The van der Waals surface area contributed by atoms with E-state index >= 15 is 0 Å². The molecule has 0 aliphatic heterocycles. The monoisotopic (exact) mass is 373 g/mol. The van der Waals surface area contributed by atoms with Gasteiger partial charge in [0.15, 0.2) is 11.5 Å². The van der Waals surface area contributed by atoms with Crippen molar-refractivity contribution in [2.24, 2.45) is 0 Å². The van der Waals surface area contributed by atoms with Crippen molar-refractivity contribution in [1.29, 1.82) is 0 Å². The van der Waals surface area contributed by atoms with E-state index in [1.165, 1.54) is 16.7 Å². The van der Waals surface area contributed by atoms with Crippen molar-refractivity contribution in [3.8, 4) is 11.5 Å². The Balaban J connectivity index is 1.63. The molecule has 0 aromatic heterocycles. The van der Waals surface area contributed by atoms with Crippen LogP contribution in [0.1, 0.15) is 23.1 Å². The zero-order chi connectivity index (χ0) is 18.8. The highest BCUT2D eigenvalue weighted by atomic mass is 32.2.